The largest absolute Gasteiger partial charge is 0.507 e. The third-order valence-corrected chi connectivity index (χ3v) is 5.31. The molecule has 0 saturated heterocycles. The number of fused-ring (bicyclic) bond motifs is 1. The van der Waals surface area contributed by atoms with Crippen LogP contribution in [0.2, 0.25) is 0 Å². The molecule has 3 rings (SSSR count). The number of phenols is 3. The molecule has 8 nitrogen and oxygen atoms in total. The lowest BCUT2D eigenvalue weighted by Crippen LogP contribution is -2.01. The van der Waals surface area contributed by atoms with Crippen molar-refractivity contribution >= 4 is 10.8 Å². The number of hydrogen-bond donors (Lipinski definition) is 8. The van der Waals surface area contributed by atoms with Gasteiger partial charge in [0.05, 0.1) is 33.0 Å². The van der Waals surface area contributed by atoms with E-state index in [0.29, 0.717) is 21.9 Å². The Bertz CT molecular complexity index is 1070. The highest BCUT2D eigenvalue weighted by atomic mass is 16.3. The van der Waals surface area contributed by atoms with Crippen LogP contribution >= 0.6 is 0 Å². The highest BCUT2D eigenvalue weighted by Crippen LogP contribution is 2.39. The first-order chi connectivity index (χ1) is 14.4. The van der Waals surface area contributed by atoms with Crippen molar-refractivity contribution in [2.24, 2.45) is 0 Å². The van der Waals surface area contributed by atoms with Crippen LogP contribution in [0, 0.1) is 0 Å². The molecule has 0 heterocycles. The number of aromatic hydroxyl groups is 3. The molecule has 0 radical (unpaired) electrons. The fourth-order valence-corrected chi connectivity index (χ4v) is 3.75. The Labute approximate surface area is 172 Å². The van der Waals surface area contributed by atoms with Gasteiger partial charge < -0.3 is 40.9 Å². The normalized spacial score (nSPS) is 11.4. The molecule has 0 fully saturated rings. The van der Waals surface area contributed by atoms with E-state index in [9.17, 15) is 40.9 Å². The molecule has 0 atom stereocenters. The summed E-state index contributed by atoms with van der Waals surface area (Å²) in [6.07, 6.45) is 0.127. The van der Waals surface area contributed by atoms with Gasteiger partial charge in [0.15, 0.2) is 0 Å². The average Bonchev–Trinajstić information content (AvgIpc) is 2.75. The molecule has 8 N–H and O–H groups in total. The zero-order valence-electron chi connectivity index (χ0n) is 16.1. The van der Waals surface area contributed by atoms with Gasteiger partial charge in [0.25, 0.3) is 0 Å². The van der Waals surface area contributed by atoms with Crippen LogP contribution in [0.4, 0.5) is 0 Å². The van der Waals surface area contributed by atoms with Crippen LogP contribution in [0.15, 0.2) is 24.3 Å². The number of aliphatic hydroxyl groups excluding tert-OH is 5. The average molecular weight is 416 g/mol. The van der Waals surface area contributed by atoms with Crippen LogP contribution in [0.5, 0.6) is 17.2 Å². The third-order valence-electron chi connectivity index (χ3n) is 5.31. The summed E-state index contributed by atoms with van der Waals surface area (Å²) in [5, 5.41) is 79.9. The molecule has 0 bridgehead atoms. The van der Waals surface area contributed by atoms with Crippen molar-refractivity contribution in [3.05, 3.63) is 63.2 Å². The van der Waals surface area contributed by atoms with E-state index in [4.69, 9.17) is 0 Å². The van der Waals surface area contributed by atoms with E-state index >= 15 is 0 Å². The van der Waals surface area contributed by atoms with Gasteiger partial charge in [-0.3, -0.25) is 0 Å². The highest BCUT2D eigenvalue weighted by Gasteiger charge is 2.20. The molecule has 0 aromatic heterocycles. The predicted molar refractivity (Wildman–Crippen MR) is 108 cm³/mol. The van der Waals surface area contributed by atoms with Gasteiger partial charge in [-0.1, -0.05) is 0 Å². The minimum absolute atomic E-state index is 0.127. The highest BCUT2D eigenvalue weighted by molar-refractivity contribution is 5.94. The van der Waals surface area contributed by atoms with E-state index in [0.717, 1.165) is 0 Å². The van der Waals surface area contributed by atoms with Crippen LogP contribution in [0.25, 0.3) is 10.8 Å². The Kier molecular flexibility index (Phi) is 6.45. The van der Waals surface area contributed by atoms with Gasteiger partial charge in [0, 0.05) is 34.2 Å². The quantitative estimate of drug-likeness (QED) is 0.283. The molecule has 0 amide bonds. The monoisotopic (exact) mass is 416 g/mol. The van der Waals surface area contributed by atoms with E-state index < -0.39 is 33.0 Å². The molecule has 3 aromatic rings. The standard InChI is InChI=1S/C22H24O8/c23-6-13-2-11(3-14(7-24)20(13)28)1-12-4-16-17(18(9-26)21(12)29)5-15(8-25)22(30)19(16)10-27/h2-5,23-30H,1,6-10H2. The maximum Gasteiger partial charge on any atom is 0.127 e. The lowest BCUT2D eigenvalue weighted by molar-refractivity contribution is 0.263. The number of hydrogen-bond acceptors (Lipinski definition) is 8. The second-order valence-corrected chi connectivity index (χ2v) is 7.05. The van der Waals surface area contributed by atoms with E-state index in [2.05, 4.69) is 0 Å². The van der Waals surface area contributed by atoms with Crippen molar-refractivity contribution in [3.8, 4) is 17.2 Å². The molecule has 30 heavy (non-hydrogen) atoms. The van der Waals surface area contributed by atoms with Crippen LogP contribution in [0.1, 0.15) is 38.9 Å². The first-order valence-electron chi connectivity index (χ1n) is 9.29. The second-order valence-electron chi connectivity index (χ2n) is 7.05. The first-order valence-corrected chi connectivity index (χ1v) is 9.29. The molecular weight excluding hydrogens is 392 g/mol. The Morgan fingerprint density at radius 2 is 0.867 bits per heavy atom. The van der Waals surface area contributed by atoms with Gasteiger partial charge in [0.1, 0.15) is 17.2 Å². The Balaban J connectivity index is 2.24. The summed E-state index contributed by atoms with van der Waals surface area (Å²) in [5.41, 5.74) is 1.89. The molecular formula is C22H24O8. The van der Waals surface area contributed by atoms with Crippen molar-refractivity contribution in [1.82, 2.24) is 0 Å². The first kappa shape index (κ1) is 21.8. The third kappa shape index (κ3) is 3.67. The zero-order valence-corrected chi connectivity index (χ0v) is 16.1. The van der Waals surface area contributed by atoms with Gasteiger partial charge in [0.2, 0.25) is 0 Å². The Morgan fingerprint density at radius 3 is 1.30 bits per heavy atom. The molecule has 0 aliphatic carbocycles. The molecule has 0 aliphatic heterocycles. The zero-order chi connectivity index (χ0) is 22.0. The molecule has 8 heteroatoms. The fourth-order valence-electron chi connectivity index (χ4n) is 3.75. The van der Waals surface area contributed by atoms with Gasteiger partial charge in [-0.25, -0.2) is 0 Å². The van der Waals surface area contributed by atoms with Crippen LogP contribution in [-0.2, 0) is 39.5 Å². The van der Waals surface area contributed by atoms with Crippen molar-refractivity contribution in [3.63, 3.8) is 0 Å². The van der Waals surface area contributed by atoms with Crippen LogP contribution in [-0.4, -0.2) is 40.9 Å². The minimum atomic E-state index is -0.520. The molecule has 0 spiro atoms. The maximum atomic E-state index is 10.8. The number of benzene rings is 3. The van der Waals surface area contributed by atoms with Gasteiger partial charge in [-0.05, 0) is 46.2 Å². The summed E-state index contributed by atoms with van der Waals surface area (Å²) in [6.45, 7) is -2.40. The molecule has 160 valence electrons. The van der Waals surface area contributed by atoms with Crippen molar-refractivity contribution < 1.29 is 40.9 Å². The van der Waals surface area contributed by atoms with E-state index in [1.807, 2.05) is 0 Å². The molecule has 0 saturated carbocycles. The summed E-state index contributed by atoms with van der Waals surface area (Å²) >= 11 is 0. The summed E-state index contributed by atoms with van der Waals surface area (Å²) in [7, 11) is 0. The van der Waals surface area contributed by atoms with E-state index in [1.165, 1.54) is 18.2 Å². The van der Waals surface area contributed by atoms with Gasteiger partial charge >= 0.3 is 0 Å². The topological polar surface area (TPSA) is 162 Å². The molecule has 3 aromatic carbocycles. The van der Waals surface area contributed by atoms with Crippen molar-refractivity contribution in [2.75, 3.05) is 0 Å². The van der Waals surface area contributed by atoms with Gasteiger partial charge in [-0.15, -0.1) is 0 Å². The predicted octanol–water partition coefficient (Wildman–Crippen LogP) is 1.01. The number of rotatable bonds is 7. The van der Waals surface area contributed by atoms with Crippen LogP contribution < -0.4 is 0 Å². The van der Waals surface area contributed by atoms with Crippen LogP contribution in [0.3, 0.4) is 0 Å². The van der Waals surface area contributed by atoms with Crippen molar-refractivity contribution in [2.45, 2.75) is 39.5 Å². The minimum Gasteiger partial charge on any atom is -0.507 e. The summed E-state index contributed by atoms with van der Waals surface area (Å²) in [4.78, 5) is 0. The summed E-state index contributed by atoms with van der Waals surface area (Å²) < 4.78 is 0. The van der Waals surface area contributed by atoms with E-state index in [1.54, 1.807) is 6.07 Å². The Morgan fingerprint density at radius 1 is 0.467 bits per heavy atom. The summed E-state index contributed by atoms with van der Waals surface area (Å²) in [5.74, 6) is -0.651. The Hall–Kier alpha value is -2.88. The lowest BCUT2D eigenvalue weighted by Gasteiger charge is -2.18. The maximum absolute atomic E-state index is 10.8. The lowest BCUT2D eigenvalue weighted by atomic mass is 9.90. The fraction of sp³-hybridized carbons (Fsp3) is 0.273. The number of aliphatic hydroxyl groups is 5. The van der Waals surface area contributed by atoms with E-state index in [-0.39, 0.29) is 51.5 Å². The van der Waals surface area contributed by atoms with Crippen molar-refractivity contribution in [1.29, 1.82) is 0 Å². The SMILES string of the molecule is OCc1cc(Cc2cc3c(CO)c(O)c(CO)cc3c(CO)c2O)cc(CO)c1O. The smallest absolute Gasteiger partial charge is 0.127 e. The molecule has 0 aliphatic rings. The second kappa shape index (κ2) is 8.86. The van der Waals surface area contributed by atoms with Gasteiger partial charge in [-0.2, -0.15) is 0 Å². The molecule has 0 unspecified atom stereocenters. The summed E-state index contributed by atoms with van der Waals surface area (Å²) in [6, 6.07) is 6.10.